The van der Waals surface area contributed by atoms with Crippen LogP contribution in [0, 0.1) is 5.92 Å². The molecule has 2 aromatic carbocycles. The zero-order valence-corrected chi connectivity index (χ0v) is 12.8. The van der Waals surface area contributed by atoms with Crippen LogP contribution >= 0.6 is 0 Å². The number of aliphatic carboxylic acids is 1. The average Bonchev–Trinajstić information content (AvgIpc) is 3.35. The number of fused-ring (bicyclic) bond motifs is 1. The summed E-state index contributed by atoms with van der Waals surface area (Å²) in [5.41, 5.74) is 0.994. The second-order valence-electron chi connectivity index (χ2n) is 5.79. The lowest BCUT2D eigenvalue weighted by Crippen LogP contribution is -2.10. The second kappa shape index (κ2) is 5.87. The number of methoxy groups -OCH3 is 2. The molecule has 4 heteroatoms. The van der Waals surface area contributed by atoms with Gasteiger partial charge >= 0.3 is 5.97 Å². The van der Waals surface area contributed by atoms with Crippen LogP contribution in [0.15, 0.2) is 30.3 Å². The number of rotatable bonds is 6. The molecule has 0 spiro atoms. The minimum absolute atomic E-state index is 0.0167. The van der Waals surface area contributed by atoms with Gasteiger partial charge in [-0.25, -0.2) is 0 Å². The van der Waals surface area contributed by atoms with Crippen LogP contribution in [0.4, 0.5) is 0 Å². The maximum Gasteiger partial charge on any atom is 0.303 e. The molecule has 0 aromatic heterocycles. The Balaban J connectivity index is 2.15. The van der Waals surface area contributed by atoms with E-state index in [-0.39, 0.29) is 12.3 Å². The lowest BCUT2D eigenvalue weighted by Gasteiger charge is -2.20. The van der Waals surface area contributed by atoms with E-state index < -0.39 is 5.97 Å². The number of carboxylic acid groups (broad SMARTS) is 1. The number of ether oxygens (including phenoxy) is 2. The standard InChI is InChI=1S/C18H20O4/c1-21-16-5-3-4-13-12(16)8-9-14(18(13)22-2)15(10-17(19)20)11-6-7-11/h3-5,8-9,11,15H,6-7,10H2,1-2H3,(H,19,20). The lowest BCUT2D eigenvalue weighted by atomic mass is 9.88. The van der Waals surface area contributed by atoms with E-state index in [2.05, 4.69) is 0 Å². The number of hydrogen-bond acceptors (Lipinski definition) is 3. The maximum absolute atomic E-state index is 11.2. The van der Waals surface area contributed by atoms with Gasteiger partial charge in [-0.2, -0.15) is 0 Å². The molecule has 1 aliphatic rings. The minimum Gasteiger partial charge on any atom is -0.496 e. The highest BCUT2D eigenvalue weighted by Gasteiger charge is 2.35. The normalized spacial score (nSPS) is 15.5. The van der Waals surface area contributed by atoms with Gasteiger partial charge in [-0.15, -0.1) is 0 Å². The van der Waals surface area contributed by atoms with Gasteiger partial charge < -0.3 is 14.6 Å². The van der Waals surface area contributed by atoms with E-state index in [1.807, 2.05) is 30.3 Å². The first-order valence-corrected chi connectivity index (χ1v) is 7.51. The monoisotopic (exact) mass is 300 g/mol. The third kappa shape index (κ3) is 2.61. The van der Waals surface area contributed by atoms with E-state index in [9.17, 15) is 9.90 Å². The van der Waals surface area contributed by atoms with Crippen LogP contribution in [0.25, 0.3) is 10.8 Å². The largest absolute Gasteiger partial charge is 0.496 e. The van der Waals surface area contributed by atoms with Crippen molar-refractivity contribution in [2.75, 3.05) is 14.2 Å². The molecule has 0 heterocycles. The van der Waals surface area contributed by atoms with Crippen molar-refractivity contribution in [3.8, 4) is 11.5 Å². The minimum atomic E-state index is -0.760. The van der Waals surface area contributed by atoms with Crippen molar-refractivity contribution < 1.29 is 19.4 Å². The molecular weight excluding hydrogens is 280 g/mol. The van der Waals surface area contributed by atoms with Crippen LogP contribution in [0.5, 0.6) is 11.5 Å². The third-order valence-corrected chi connectivity index (χ3v) is 4.41. The molecule has 2 aromatic rings. The number of hydrogen-bond donors (Lipinski definition) is 1. The van der Waals surface area contributed by atoms with E-state index in [0.717, 1.165) is 40.7 Å². The summed E-state index contributed by atoms with van der Waals surface area (Å²) in [4.78, 5) is 11.2. The average molecular weight is 300 g/mol. The Morgan fingerprint density at radius 1 is 1.18 bits per heavy atom. The molecule has 1 unspecified atom stereocenters. The molecule has 0 amide bonds. The SMILES string of the molecule is COc1cccc2c(OC)c(C(CC(=O)O)C3CC3)ccc12. The van der Waals surface area contributed by atoms with Crippen LogP contribution < -0.4 is 9.47 Å². The summed E-state index contributed by atoms with van der Waals surface area (Å²) in [5.74, 6) is 1.28. The highest BCUT2D eigenvalue weighted by molar-refractivity contribution is 5.94. The Morgan fingerprint density at radius 2 is 1.95 bits per heavy atom. The zero-order chi connectivity index (χ0) is 15.7. The summed E-state index contributed by atoms with van der Waals surface area (Å²) in [6, 6.07) is 9.83. The summed E-state index contributed by atoms with van der Waals surface area (Å²) < 4.78 is 11.1. The molecule has 116 valence electrons. The molecule has 4 nitrogen and oxygen atoms in total. The van der Waals surface area contributed by atoms with Gasteiger partial charge in [0, 0.05) is 16.7 Å². The fourth-order valence-corrected chi connectivity index (χ4v) is 3.23. The fraction of sp³-hybridized carbons (Fsp3) is 0.389. The lowest BCUT2D eigenvalue weighted by molar-refractivity contribution is -0.137. The molecular formula is C18H20O4. The van der Waals surface area contributed by atoms with Crippen LogP contribution in [0.1, 0.15) is 30.7 Å². The van der Waals surface area contributed by atoms with Crippen molar-refractivity contribution in [1.29, 1.82) is 0 Å². The molecule has 0 saturated heterocycles. The first-order valence-electron chi connectivity index (χ1n) is 7.51. The summed E-state index contributed by atoms with van der Waals surface area (Å²) in [5, 5.41) is 11.2. The quantitative estimate of drug-likeness (QED) is 0.881. The van der Waals surface area contributed by atoms with Gasteiger partial charge in [0.05, 0.1) is 20.6 Å². The molecule has 1 N–H and O–H groups in total. The molecule has 1 atom stereocenters. The fourth-order valence-electron chi connectivity index (χ4n) is 3.23. The van der Waals surface area contributed by atoms with Gasteiger partial charge in [0.25, 0.3) is 0 Å². The zero-order valence-electron chi connectivity index (χ0n) is 12.8. The summed E-state index contributed by atoms with van der Waals surface area (Å²) in [7, 11) is 3.29. The first kappa shape index (κ1) is 14.7. The molecule has 0 radical (unpaired) electrons. The van der Waals surface area contributed by atoms with E-state index in [0.29, 0.717) is 5.92 Å². The Bertz CT molecular complexity index is 704. The number of carbonyl (C=O) groups is 1. The van der Waals surface area contributed by atoms with Crippen molar-refractivity contribution in [3.05, 3.63) is 35.9 Å². The molecule has 22 heavy (non-hydrogen) atoms. The van der Waals surface area contributed by atoms with Crippen LogP contribution in [0.3, 0.4) is 0 Å². The van der Waals surface area contributed by atoms with Gasteiger partial charge in [-0.05, 0) is 30.4 Å². The highest BCUT2D eigenvalue weighted by Crippen LogP contribution is 2.49. The predicted molar refractivity (Wildman–Crippen MR) is 84.8 cm³/mol. The van der Waals surface area contributed by atoms with E-state index in [1.165, 1.54) is 0 Å². The van der Waals surface area contributed by atoms with E-state index >= 15 is 0 Å². The van der Waals surface area contributed by atoms with Crippen molar-refractivity contribution in [2.45, 2.75) is 25.2 Å². The Morgan fingerprint density at radius 3 is 2.55 bits per heavy atom. The van der Waals surface area contributed by atoms with Crippen LogP contribution in [-0.4, -0.2) is 25.3 Å². The van der Waals surface area contributed by atoms with E-state index in [4.69, 9.17) is 9.47 Å². The number of carboxylic acids is 1. The topological polar surface area (TPSA) is 55.8 Å². The Kier molecular flexibility index (Phi) is 3.92. The third-order valence-electron chi connectivity index (χ3n) is 4.41. The smallest absolute Gasteiger partial charge is 0.303 e. The van der Waals surface area contributed by atoms with Crippen molar-refractivity contribution in [2.24, 2.45) is 5.92 Å². The maximum atomic E-state index is 11.2. The van der Waals surface area contributed by atoms with Gasteiger partial charge in [0.2, 0.25) is 0 Å². The Labute approximate surface area is 129 Å². The molecule has 0 bridgehead atoms. The van der Waals surface area contributed by atoms with Crippen molar-refractivity contribution in [1.82, 2.24) is 0 Å². The molecule has 3 rings (SSSR count). The van der Waals surface area contributed by atoms with Crippen molar-refractivity contribution in [3.63, 3.8) is 0 Å². The van der Waals surface area contributed by atoms with Gasteiger partial charge in [-0.1, -0.05) is 24.3 Å². The van der Waals surface area contributed by atoms with Crippen LogP contribution in [-0.2, 0) is 4.79 Å². The van der Waals surface area contributed by atoms with Gasteiger partial charge in [0.15, 0.2) is 0 Å². The highest BCUT2D eigenvalue weighted by atomic mass is 16.5. The molecule has 1 aliphatic carbocycles. The second-order valence-corrected chi connectivity index (χ2v) is 5.79. The summed E-state index contributed by atoms with van der Waals surface area (Å²) >= 11 is 0. The van der Waals surface area contributed by atoms with Crippen molar-refractivity contribution >= 4 is 16.7 Å². The summed E-state index contributed by atoms with van der Waals surface area (Å²) in [6.07, 6.45) is 2.34. The van der Waals surface area contributed by atoms with Gasteiger partial charge in [0.1, 0.15) is 11.5 Å². The molecule has 1 saturated carbocycles. The summed E-state index contributed by atoms with van der Waals surface area (Å²) in [6.45, 7) is 0. The predicted octanol–water partition coefficient (Wildman–Crippen LogP) is 3.83. The van der Waals surface area contributed by atoms with Gasteiger partial charge in [-0.3, -0.25) is 4.79 Å². The Hall–Kier alpha value is -2.23. The molecule has 1 fully saturated rings. The van der Waals surface area contributed by atoms with Crippen LogP contribution in [0.2, 0.25) is 0 Å². The first-order chi connectivity index (χ1) is 10.7. The number of benzene rings is 2. The molecule has 0 aliphatic heterocycles. The van der Waals surface area contributed by atoms with E-state index in [1.54, 1.807) is 14.2 Å².